The van der Waals surface area contributed by atoms with Crippen molar-refractivity contribution >= 4 is 96.5 Å². The molecule has 13 rings (SSSR count). The van der Waals surface area contributed by atoms with Gasteiger partial charge < -0.3 is 4.57 Å². The molecule has 0 aliphatic heterocycles. The molecule has 0 unspecified atom stereocenters. The van der Waals surface area contributed by atoms with Crippen LogP contribution in [-0.4, -0.2) is 4.57 Å². The van der Waals surface area contributed by atoms with Gasteiger partial charge in [-0.1, -0.05) is 140 Å². The first-order valence-electron chi connectivity index (χ1n) is 20.6. The molecule has 12 aromatic rings. The molecular weight excluding hydrogens is 763 g/mol. The van der Waals surface area contributed by atoms with Gasteiger partial charge in [0.2, 0.25) is 0 Å². The monoisotopic (exact) mass is 797 g/mol. The highest BCUT2D eigenvalue weighted by atomic mass is 32.1. The number of rotatable bonds is 4. The molecule has 0 N–H and O–H groups in total. The quantitative estimate of drug-likeness (QED) is 0.167. The number of hydrogen-bond acceptors (Lipinski definition) is 2. The van der Waals surface area contributed by atoms with Crippen LogP contribution in [0.2, 0.25) is 0 Å². The second-order valence-corrected chi connectivity index (χ2v) is 18.1. The lowest BCUT2D eigenvalue weighted by molar-refractivity contribution is 1.18. The summed E-state index contributed by atoms with van der Waals surface area (Å²) >= 11 is 3.79. The summed E-state index contributed by atoms with van der Waals surface area (Å²) in [7, 11) is 0. The van der Waals surface area contributed by atoms with Crippen LogP contribution < -0.4 is 0 Å². The van der Waals surface area contributed by atoms with Crippen LogP contribution >= 0.6 is 22.7 Å². The lowest BCUT2D eigenvalue weighted by atomic mass is 9.89. The van der Waals surface area contributed by atoms with Crippen molar-refractivity contribution in [1.29, 1.82) is 0 Å². The fraction of sp³-hybridized carbons (Fsp3) is 0.0175. The third-order valence-electron chi connectivity index (χ3n) is 12.6. The van der Waals surface area contributed by atoms with E-state index in [4.69, 9.17) is 0 Å². The van der Waals surface area contributed by atoms with Gasteiger partial charge in [-0.2, -0.15) is 0 Å². The van der Waals surface area contributed by atoms with Crippen LogP contribution in [0.15, 0.2) is 194 Å². The van der Waals surface area contributed by atoms with Crippen molar-refractivity contribution in [1.82, 2.24) is 4.57 Å². The Bertz CT molecular complexity index is 3740. The molecule has 3 heterocycles. The second kappa shape index (κ2) is 13.2. The van der Waals surface area contributed by atoms with Crippen molar-refractivity contribution in [3.63, 3.8) is 0 Å². The van der Waals surface area contributed by atoms with E-state index in [0.717, 1.165) is 6.42 Å². The fourth-order valence-electron chi connectivity index (χ4n) is 9.90. The Morgan fingerprint density at radius 3 is 1.92 bits per heavy atom. The maximum absolute atomic E-state index is 2.48. The average Bonchev–Trinajstić information content (AvgIpc) is 3.95. The van der Waals surface area contributed by atoms with E-state index in [0.29, 0.717) is 0 Å². The van der Waals surface area contributed by atoms with Crippen LogP contribution in [0.3, 0.4) is 0 Å². The van der Waals surface area contributed by atoms with E-state index in [-0.39, 0.29) is 0 Å². The summed E-state index contributed by atoms with van der Waals surface area (Å²) < 4.78 is 7.75. The van der Waals surface area contributed by atoms with E-state index in [1.165, 1.54) is 123 Å². The van der Waals surface area contributed by atoms with Crippen LogP contribution in [0.1, 0.15) is 16.7 Å². The summed E-state index contributed by atoms with van der Waals surface area (Å²) in [6.45, 7) is 0. The van der Waals surface area contributed by atoms with E-state index < -0.39 is 0 Å². The minimum absolute atomic E-state index is 0.820. The third-order valence-corrected chi connectivity index (χ3v) is 15.0. The molecule has 0 saturated carbocycles. The highest BCUT2D eigenvalue weighted by Gasteiger charge is 2.22. The molecule has 0 fully saturated rings. The topological polar surface area (TPSA) is 4.93 Å². The number of nitrogens with zero attached hydrogens (tertiary/aromatic N) is 1. The van der Waals surface area contributed by atoms with Crippen LogP contribution in [0.4, 0.5) is 0 Å². The molecular formula is C57H35NS2. The van der Waals surface area contributed by atoms with E-state index in [2.05, 4.69) is 205 Å². The van der Waals surface area contributed by atoms with E-state index >= 15 is 0 Å². The Morgan fingerprint density at radius 1 is 0.383 bits per heavy atom. The van der Waals surface area contributed by atoms with Gasteiger partial charge in [0.05, 0.1) is 11.0 Å². The van der Waals surface area contributed by atoms with Crippen molar-refractivity contribution in [2.24, 2.45) is 0 Å². The van der Waals surface area contributed by atoms with Crippen LogP contribution in [-0.2, 0) is 6.42 Å². The molecule has 60 heavy (non-hydrogen) atoms. The molecule has 1 nitrogen and oxygen atoms in total. The van der Waals surface area contributed by atoms with Gasteiger partial charge in [-0.15, -0.1) is 22.7 Å². The molecule has 0 spiro atoms. The number of fused-ring (bicyclic) bond motifs is 12. The van der Waals surface area contributed by atoms with E-state index in [1.807, 2.05) is 22.7 Å². The third kappa shape index (κ3) is 5.16. The van der Waals surface area contributed by atoms with Gasteiger partial charge in [0.25, 0.3) is 0 Å². The second-order valence-electron chi connectivity index (χ2n) is 16.0. The smallest absolute Gasteiger partial charge is 0.0547 e. The molecule has 9 aromatic carbocycles. The van der Waals surface area contributed by atoms with Crippen molar-refractivity contribution < 1.29 is 0 Å². The first kappa shape index (κ1) is 33.9. The summed E-state index contributed by atoms with van der Waals surface area (Å²) in [6.07, 6.45) is 3.28. The van der Waals surface area contributed by atoms with Gasteiger partial charge >= 0.3 is 0 Å². The standard InChI is InChI=1S/C57H35NS2/c1-2-14-41(15-3-1)58-51-21-9-6-19-47(51)56-44(20-12-22-52(56)58)36-25-27-43-40(30-36)31-38(29-35-13-4-5-16-42(35)43)39-33-48(57-50(34-39)46-18-8-11-24-54(46)60-57)37-26-28-55-49(32-37)45-17-7-10-23-53(45)59-55/h1-30,32-34H,31H2. The Balaban J connectivity index is 1.01. The molecule has 1 aliphatic rings. The largest absolute Gasteiger partial charge is 0.309 e. The summed E-state index contributed by atoms with van der Waals surface area (Å²) in [5.41, 5.74) is 16.5. The molecule has 0 saturated heterocycles. The Hall–Kier alpha value is -7.04. The maximum Gasteiger partial charge on any atom is 0.0547 e. The normalized spacial score (nSPS) is 12.7. The predicted molar refractivity (Wildman–Crippen MR) is 261 cm³/mol. The van der Waals surface area contributed by atoms with Gasteiger partial charge in [-0.3, -0.25) is 0 Å². The fourth-order valence-corrected chi connectivity index (χ4v) is 12.2. The SMILES string of the molecule is C1=C(c2cc(-c3ccc4sc5ccccc5c4c3)c3sc4ccccc4c3c2)Cc2cc(-c3cccc4c3c3ccccc3n4-c3ccccc3)ccc2-c2ccccc21. The van der Waals surface area contributed by atoms with Gasteiger partial charge in [0.1, 0.15) is 0 Å². The summed E-state index contributed by atoms with van der Waals surface area (Å²) in [5.74, 6) is 0. The summed E-state index contributed by atoms with van der Waals surface area (Å²) in [5, 5.41) is 7.87. The zero-order chi connectivity index (χ0) is 39.3. The highest BCUT2D eigenvalue weighted by Crippen LogP contribution is 2.47. The van der Waals surface area contributed by atoms with Gasteiger partial charge in [-0.25, -0.2) is 0 Å². The van der Waals surface area contributed by atoms with Gasteiger partial charge in [0.15, 0.2) is 0 Å². The Labute approximate surface area is 355 Å². The lowest BCUT2D eigenvalue weighted by Crippen LogP contribution is -1.95. The predicted octanol–water partition coefficient (Wildman–Crippen LogP) is 16.6. The first-order valence-corrected chi connectivity index (χ1v) is 22.2. The zero-order valence-electron chi connectivity index (χ0n) is 32.5. The molecule has 3 aromatic heterocycles. The number of thiophene rings is 2. The van der Waals surface area contributed by atoms with Crippen LogP contribution in [0.5, 0.6) is 0 Å². The minimum atomic E-state index is 0.820. The molecule has 0 bridgehead atoms. The minimum Gasteiger partial charge on any atom is -0.309 e. The number of hydrogen-bond donors (Lipinski definition) is 0. The van der Waals surface area contributed by atoms with Crippen LogP contribution in [0, 0.1) is 0 Å². The van der Waals surface area contributed by atoms with E-state index in [9.17, 15) is 0 Å². The van der Waals surface area contributed by atoms with Crippen molar-refractivity contribution in [2.75, 3.05) is 0 Å². The van der Waals surface area contributed by atoms with Crippen molar-refractivity contribution in [3.05, 3.63) is 211 Å². The van der Waals surface area contributed by atoms with Crippen molar-refractivity contribution in [3.8, 4) is 39.1 Å². The molecule has 0 amide bonds. The molecule has 3 heteroatoms. The van der Waals surface area contributed by atoms with E-state index in [1.54, 1.807) is 0 Å². The number of aromatic nitrogens is 1. The average molecular weight is 798 g/mol. The van der Waals surface area contributed by atoms with Gasteiger partial charge in [-0.05, 0) is 117 Å². The highest BCUT2D eigenvalue weighted by molar-refractivity contribution is 7.26. The van der Waals surface area contributed by atoms with Crippen LogP contribution in [0.25, 0.3) is 113 Å². The molecule has 0 radical (unpaired) electrons. The van der Waals surface area contributed by atoms with Crippen molar-refractivity contribution in [2.45, 2.75) is 6.42 Å². The Kier molecular flexibility index (Phi) is 7.48. The summed E-state index contributed by atoms with van der Waals surface area (Å²) in [6, 6.07) is 72.3. The Morgan fingerprint density at radius 2 is 1.03 bits per heavy atom. The molecule has 0 atom stereocenters. The summed E-state index contributed by atoms with van der Waals surface area (Å²) in [4.78, 5) is 0. The lowest BCUT2D eigenvalue weighted by Gasteiger charge is -2.15. The maximum atomic E-state index is 2.48. The van der Waals surface area contributed by atoms with Gasteiger partial charge in [0, 0.05) is 62.4 Å². The number of benzene rings is 9. The number of allylic oxidation sites excluding steroid dienone is 1. The number of para-hydroxylation sites is 2. The first-order chi connectivity index (χ1) is 29.7. The zero-order valence-corrected chi connectivity index (χ0v) is 34.2. The molecule has 1 aliphatic carbocycles. The molecule has 280 valence electrons.